The van der Waals surface area contributed by atoms with Gasteiger partial charge >= 0.3 is 0 Å². The molecule has 0 bridgehead atoms. The average molecular weight is 339 g/mol. The van der Waals surface area contributed by atoms with E-state index in [0.717, 1.165) is 0 Å². The van der Waals surface area contributed by atoms with E-state index in [4.69, 9.17) is 0 Å². The largest absolute Gasteiger partial charge is 0.343 e. The fourth-order valence-electron chi connectivity index (χ4n) is 4.51. The highest BCUT2D eigenvalue weighted by Crippen LogP contribution is 2.47. The van der Waals surface area contributed by atoms with Gasteiger partial charge in [0.25, 0.3) is 0 Å². The van der Waals surface area contributed by atoms with Crippen LogP contribution in [0.1, 0.15) is 16.7 Å². The van der Waals surface area contributed by atoms with Crippen molar-refractivity contribution in [1.82, 2.24) is 0 Å². The molecule has 128 valence electrons. The second kappa shape index (κ2) is 5.07. The third kappa shape index (κ3) is 1.90. The maximum absolute atomic E-state index is 2.38. The van der Waals surface area contributed by atoms with Gasteiger partial charge in [-0.3, -0.25) is 0 Å². The molecule has 0 saturated carbocycles. The van der Waals surface area contributed by atoms with E-state index >= 15 is 0 Å². The van der Waals surface area contributed by atoms with E-state index in [1.54, 1.807) is 0 Å². The summed E-state index contributed by atoms with van der Waals surface area (Å²) in [6.45, 7) is 6.54. The van der Waals surface area contributed by atoms with Gasteiger partial charge in [0.1, 0.15) is 7.05 Å². The van der Waals surface area contributed by atoms with Crippen LogP contribution in [0.3, 0.4) is 0 Å². The first-order valence-electron chi connectivity index (χ1n) is 9.17. The number of aryl methyl sites for hydroxylation is 4. The zero-order valence-electron chi connectivity index (χ0n) is 16.0. The van der Waals surface area contributed by atoms with Crippen LogP contribution < -0.4 is 9.47 Å². The maximum Gasteiger partial charge on any atom is 0.224 e. The summed E-state index contributed by atoms with van der Waals surface area (Å²) in [6, 6.07) is 18.2. The van der Waals surface area contributed by atoms with Crippen LogP contribution in [0.4, 0.5) is 11.4 Å². The van der Waals surface area contributed by atoms with Crippen LogP contribution in [0.25, 0.3) is 32.9 Å². The molecule has 2 heteroatoms. The number of pyridine rings is 1. The lowest BCUT2D eigenvalue weighted by molar-refractivity contribution is -0.632. The summed E-state index contributed by atoms with van der Waals surface area (Å²) in [7, 11) is 4.39. The molecule has 0 atom stereocenters. The van der Waals surface area contributed by atoms with Crippen molar-refractivity contribution in [3.05, 3.63) is 65.2 Å². The highest BCUT2D eigenvalue weighted by molar-refractivity contribution is 6.17. The summed E-state index contributed by atoms with van der Waals surface area (Å²) >= 11 is 0. The zero-order chi connectivity index (χ0) is 18.2. The highest BCUT2D eigenvalue weighted by Gasteiger charge is 2.31. The van der Waals surface area contributed by atoms with Gasteiger partial charge in [-0.1, -0.05) is 23.8 Å². The maximum atomic E-state index is 2.38. The minimum atomic E-state index is 1.28. The molecule has 1 aliphatic rings. The van der Waals surface area contributed by atoms with Crippen molar-refractivity contribution in [2.45, 2.75) is 20.8 Å². The predicted molar refractivity (Wildman–Crippen MR) is 110 cm³/mol. The number of nitrogens with zero attached hydrogens (tertiary/aromatic N) is 2. The van der Waals surface area contributed by atoms with E-state index in [2.05, 4.69) is 92.9 Å². The number of hydrogen-bond donors (Lipinski definition) is 0. The molecule has 0 saturated heterocycles. The van der Waals surface area contributed by atoms with Crippen molar-refractivity contribution < 1.29 is 4.57 Å². The number of rotatable bonds is 0. The first kappa shape index (κ1) is 15.4. The average Bonchev–Trinajstić information content (AvgIpc) is 2.61. The Morgan fingerprint density at radius 1 is 0.731 bits per heavy atom. The quantitative estimate of drug-likeness (QED) is 0.303. The topological polar surface area (TPSA) is 7.12 Å². The Morgan fingerprint density at radius 2 is 1.46 bits per heavy atom. The van der Waals surface area contributed by atoms with E-state index in [1.807, 2.05) is 0 Å². The number of anilines is 2. The van der Waals surface area contributed by atoms with Gasteiger partial charge in [0.15, 0.2) is 0 Å². The van der Waals surface area contributed by atoms with Gasteiger partial charge in [-0.15, -0.1) is 0 Å². The molecule has 0 spiro atoms. The van der Waals surface area contributed by atoms with E-state index in [1.165, 1.54) is 61.0 Å². The highest BCUT2D eigenvalue weighted by atomic mass is 15.1. The number of fused-ring (bicyclic) bond motifs is 4. The fourth-order valence-corrected chi connectivity index (χ4v) is 4.51. The molecule has 0 amide bonds. The Bertz CT molecular complexity index is 1230. The molecule has 5 rings (SSSR count). The van der Waals surface area contributed by atoms with Gasteiger partial charge in [0.05, 0.1) is 27.7 Å². The third-order valence-corrected chi connectivity index (χ3v) is 5.77. The standard InChI is InChI=1S/C24H23N2/c1-14-7-9-20-19(10-14)24-23-18(11-16(3)13-22(23)25(20)4)17-8-6-15(2)12-21(17)26(24)5/h6-13H,1-5H3/q+1. The number of benzene rings is 3. The predicted octanol–water partition coefficient (Wildman–Crippen LogP) is 5.49. The lowest BCUT2D eigenvalue weighted by Crippen LogP contribution is -2.34. The molecule has 2 nitrogen and oxygen atoms in total. The second-order valence-electron chi connectivity index (χ2n) is 7.71. The Balaban J connectivity index is 2.11. The van der Waals surface area contributed by atoms with E-state index in [9.17, 15) is 0 Å². The number of hydrogen-bond acceptors (Lipinski definition) is 1. The van der Waals surface area contributed by atoms with Crippen LogP contribution >= 0.6 is 0 Å². The first-order chi connectivity index (χ1) is 12.5. The second-order valence-corrected chi connectivity index (χ2v) is 7.71. The minimum absolute atomic E-state index is 1.28. The van der Waals surface area contributed by atoms with Gasteiger partial charge in [0.2, 0.25) is 11.2 Å². The first-order valence-corrected chi connectivity index (χ1v) is 9.17. The fraction of sp³-hybridized carbons (Fsp3) is 0.208. The van der Waals surface area contributed by atoms with Crippen molar-refractivity contribution >= 4 is 33.1 Å². The minimum Gasteiger partial charge on any atom is -0.343 e. The molecule has 2 heterocycles. The van der Waals surface area contributed by atoms with E-state index in [-0.39, 0.29) is 0 Å². The van der Waals surface area contributed by atoms with Gasteiger partial charge in [-0.2, -0.15) is 4.57 Å². The SMILES string of the molecule is Cc1ccc2c(c1)-c1c3c(cc(C)cc3c3ccc(C)cc3[n+]1C)N2C. The molecule has 26 heavy (non-hydrogen) atoms. The molecule has 3 aromatic carbocycles. The van der Waals surface area contributed by atoms with Gasteiger partial charge < -0.3 is 4.90 Å². The van der Waals surface area contributed by atoms with Crippen molar-refractivity contribution in [2.75, 3.05) is 11.9 Å². The summed E-state index contributed by atoms with van der Waals surface area (Å²) in [6.07, 6.45) is 0. The Kier molecular flexibility index (Phi) is 3.00. The van der Waals surface area contributed by atoms with Crippen LogP contribution in [0.2, 0.25) is 0 Å². The Labute approximate surface area is 154 Å². The molecule has 0 unspecified atom stereocenters. The van der Waals surface area contributed by atoms with Crippen molar-refractivity contribution in [3.8, 4) is 11.3 Å². The number of aromatic nitrogens is 1. The lowest BCUT2D eigenvalue weighted by Gasteiger charge is -2.29. The van der Waals surface area contributed by atoms with Crippen molar-refractivity contribution in [3.63, 3.8) is 0 Å². The van der Waals surface area contributed by atoms with Crippen LogP contribution in [-0.2, 0) is 7.05 Å². The molecule has 0 aliphatic carbocycles. The molecule has 4 aromatic rings. The summed E-state index contributed by atoms with van der Waals surface area (Å²) in [5.41, 5.74) is 10.4. The third-order valence-electron chi connectivity index (χ3n) is 5.77. The van der Waals surface area contributed by atoms with E-state index < -0.39 is 0 Å². The molecular formula is C24H23N2+. The summed E-state index contributed by atoms with van der Waals surface area (Å²) in [4.78, 5) is 2.34. The summed E-state index contributed by atoms with van der Waals surface area (Å²) in [5, 5.41) is 4.03. The van der Waals surface area contributed by atoms with Crippen LogP contribution in [0.5, 0.6) is 0 Å². The van der Waals surface area contributed by atoms with E-state index in [0.29, 0.717) is 0 Å². The summed E-state index contributed by atoms with van der Waals surface area (Å²) in [5.74, 6) is 0. The lowest BCUT2D eigenvalue weighted by atomic mass is 9.91. The van der Waals surface area contributed by atoms with Gasteiger partial charge in [-0.05, 0) is 56.2 Å². The molecule has 0 N–H and O–H groups in total. The Hall–Kier alpha value is -2.87. The normalized spacial score (nSPS) is 12.7. The van der Waals surface area contributed by atoms with Crippen molar-refractivity contribution in [1.29, 1.82) is 0 Å². The molecule has 0 fully saturated rings. The molecule has 1 aliphatic heterocycles. The molecular weight excluding hydrogens is 316 g/mol. The zero-order valence-corrected chi connectivity index (χ0v) is 16.0. The van der Waals surface area contributed by atoms with Gasteiger partial charge in [-0.25, -0.2) is 0 Å². The van der Waals surface area contributed by atoms with Crippen LogP contribution in [0, 0.1) is 20.8 Å². The summed E-state index contributed by atoms with van der Waals surface area (Å²) < 4.78 is 2.38. The molecule has 1 aromatic heterocycles. The molecule has 0 radical (unpaired) electrons. The van der Waals surface area contributed by atoms with Crippen molar-refractivity contribution in [2.24, 2.45) is 7.05 Å². The van der Waals surface area contributed by atoms with Crippen LogP contribution in [0.15, 0.2) is 48.5 Å². The Morgan fingerprint density at radius 3 is 2.27 bits per heavy atom. The smallest absolute Gasteiger partial charge is 0.224 e. The van der Waals surface area contributed by atoms with Crippen LogP contribution in [-0.4, -0.2) is 7.05 Å². The monoisotopic (exact) mass is 339 g/mol. The van der Waals surface area contributed by atoms with Gasteiger partial charge in [0, 0.05) is 18.5 Å².